The summed E-state index contributed by atoms with van der Waals surface area (Å²) in [4.78, 5) is 15.9. The zero-order valence-electron chi connectivity index (χ0n) is 16.3. The largest absolute Gasteiger partial charge is 0.350 e. The first-order chi connectivity index (χ1) is 14.1. The van der Waals surface area contributed by atoms with Gasteiger partial charge < -0.3 is 5.32 Å². The van der Waals surface area contributed by atoms with Crippen LogP contribution in [0.3, 0.4) is 0 Å². The van der Waals surface area contributed by atoms with Crippen molar-refractivity contribution in [2.75, 3.05) is 0 Å². The number of imidazole rings is 1. The second-order valence-corrected chi connectivity index (χ2v) is 6.99. The van der Waals surface area contributed by atoms with Gasteiger partial charge in [-0.05, 0) is 53.9 Å². The second kappa shape index (κ2) is 7.61. The van der Waals surface area contributed by atoms with Crippen LogP contribution in [0.15, 0.2) is 73.1 Å². The Hall–Kier alpha value is -3.91. The van der Waals surface area contributed by atoms with Gasteiger partial charge in [-0.15, -0.1) is 0 Å². The molecule has 0 fully saturated rings. The standard InChI is InChI=1S/C24H20N4O/c1-16(27-17(2)29)18-10-11-24-23(13-18)26-15-28(24)21-8-5-7-19(12-21)22-9-4-3-6-20(22)14-25/h3-13,15-16H,1-2H3,(H,27,29). The van der Waals surface area contributed by atoms with Gasteiger partial charge in [-0.1, -0.05) is 36.4 Å². The molecule has 0 aliphatic carbocycles. The van der Waals surface area contributed by atoms with E-state index < -0.39 is 0 Å². The molecule has 0 saturated carbocycles. The number of nitrogens with one attached hydrogen (secondary N) is 1. The van der Waals surface area contributed by atoms with Gasteiger partial charge in [0.1, 0.15) is 6.33 Å². The van der Waals surface area contributed by atoms with Crippen LogP contribution in [0.2, 0.25) is 0 Å². The normalized spacial score (nSPS) is 11.8. The molecule has 0 radical (unpaired) electrons. The zero-order chi connectivity index (χ0) is 20.4. The summed E-state index contributed by atoms with van der Waals surface area (Å²) in [6.45, 7) is 3.47. The molecule has 0 aliphatic rings. The van der Waals surface area contributed by atoms with Crippen molar-refractivity contribution >= 4 is 16.9 Å². The Kier molecular flexibility index (Phi) is 4.84. The van der Waals surface area contributed by atoms with Gasteiger partial charge in [0.25, 0.3) is 0 Å². The predicted octanol–water partition coefficient (Wildman–Crippen LogP) is 4.76. The first-order valence-corrected chi connectivity index (χ1v) is 9.41. The summed E-state index contributed by atoms with van der Waals surface area (Å²) in [5.41, 5.74) is 6.37. The van der Waals surface area contributed by atoms with Gasteiger partial charge in [0.05, 0.1) is 28.7 Å². The Morgan fingerprint density at radius 2 is 1.93 bits per heavy atom. The highest BCUT2D eigenvalue weighted by molar-refractivity contribution is 5.80. The first kappa shape index (κ1) is 18.5. The van der Waals surface area contributed by atoms with E-state index in [0.29, 0.717) is 5.56 Å². The molecule has 142 valence electrons. The van der Waals surface area contributed by atoms with Gasteiger partial charge in [-0.3, -0.25) is 9.36 Å². The lowest BCUT2D eigenvalue weighted by Gasteiger charge is -2.13. The fourth-order valence-electron chi connectivity index (χ4n) is 3.55. The van der Waals surface area contributed by atoms with Gasteiger partial charge in [-0.2, -0.15) is 5.26 Å². The van der Waals surface area contributed by atoms with Gasteiger partial charge in [0, 0.05) is 12.6 Å². The molecule has 29 heavy (non-hydrogen) atoms. The predicted molar refractivity (Wildman–Crippen MR) is 113 cm³/mol. The van der Waals surface area contributed by atoms with Crippen LogP contribution < -0.4 is 5.32 Å². The highest BCUT2D eigenvalue weighted by atomic mass is 16.1. The quantitative estimate of drug-likeness (QED) is 0.555. The average molecular weight is 380 g/mol. The number of aromatic nitrogens is 2. The fourth-order valence-corrected chi connectivity index (χ4v) is 3.55. The van der Waals surface area contributed by atoms with Gasteiger partial charge >= 0.3 is 0 Å². The number of hydrogen-bond acceptors (Lipinski definition) is 3. The Balaban J connectivity index is 1.74. The first-order valence-electron chi connectivity index (χ1n) is 9.41. The number of benzene rings is 3. The average Bonchev–Trinajstić information content (AvgIpc) is 3.16. The third-order valence-corrected chi connectivity index (χ3v) is 4.97. The van der Waals surface area contributed by atoms with Crippen molar-refractivity contribution < 1.29 is 4.79 Å². The molecular formula is C24H20N4O. The maximum absolute atomic E-state index is 11.3. The van der Waals surface area contributed by atoms with E-state index in [1.807, 2.05) is 72.2 Å². The van der Waals surface area contributed by atoms with E-state index in [1.165, 1.54) is 6.92 Å². The molecule has 4 rings (SSSR count). The highest BCUT2D eigenvalue weighted by Crippen LogP contribution is 2.27. The van der Waals surface area contributed by atoms with Gasteiger partial charge in [-0.25, -0.2) is 4.98 Å². The maximum atomic E-state index is 11.3. The number of carbonyl (C=O) groups excluding carboxylic acids is 1. The van der Waals surface area contributed by atoms with Crippen LogP contribution in [-0.2, 0) is 4.79 Å². The second-order valence-electron chi connectivity index (χ2n) is 6.99. The van der Waals surface area contributed by atoms with Crippen LogP contribution >= 0.6 is 0 Å². The Morgan fingerprint density at radius 1 is 1.10 bits per heavy atom. The molecule has 1 heterocycles. The minimum atomic E-state index is -0.0761. The number of nitrogens with zero attached hydrogens (tertiary/aromatic N) is 3. The summed E-state index contributed by atoms with van der Waals surface area (Å²) < 4.78 is 2.03. The molecule has 4 aromatic rings. The summed E-state index contributed by atoms with van der Waals surface area (Å²) in [5.74, 6) is -0.0578. The van der Waals surface area contributed by atoms with Crippen LogP contribution in [0.5, 0.6) is 0 Å². The fraction of sp³-hybridized carbons (Fsp3) is 0.125. The number of nitriles is 1. The molecule has 1 amide bonds. The number of fused-ring (bicyclic) bond motifs is 1. The monoisotopic (exact) mass is 380 g/mol. The lowest BCUT2D eigenvalue weighted by atomic mass is 10.00. The van der Waals surface area contributed by atoms with E-state index in [9.17, 15) is 10.1 Å². The van der Waals surface area contributed by atoms with E-state index >= 15 is 0 Å². The third-order valence-electron chi connectivity index (χ3n) is 4.97. The Bertz CT molecular complexity index is 1250. The summed E-state index contributed by atoms with van der Waals surface area (Å²) in [7, 11) is 0. The van der Waals surface area contributed by atoms with Crippen LogP contribution in [0.1, 0.15) is 31.0 Å². The molecule has 1 atom stereocenters. The van der Waals surface area contributed by atoms with Crippen molar-refractivity contribution in [1.29, 1.82) is 5.26 Å². The van der Waals surface area contributed by atoms with E-state index in [-0.39, 0.29) is 11.9 Å². The van der Waals surface area contributed by atoms with Crippen molar-refractivity contribution in [2.24, 2.45) is 0 Å². The molecule has 0 spiro atoms. The molecule has 3 aromatic carbocycles. The van der Waals surface area contributed by atoms with Gasteiger partial charge in [0.15, 0.2) is 0 Å². The summed E-state index contributed by atoms with van der Waals surface area (Å²) in [6.07, 6.45) is 1.80. The topological polar surface area (TPSA) is 70.7 Å². The maximum Gasteiger partial charge on any atom is 0.217 e. The summed E-state index contributed by atoms with van der Waals surface area (Å²) >= 11 is 0. The minimum absolute atomic E-state index is 0.0578. The molecule has 0 aliphatic heterocycles. The number of hydrogen-bond donors (Lipinski definition) is 1. The number of rotatable bonds is 4. The van der Waals surface area contributed by atoms with Crippen molar-refractivity contribution in [1.82, 2.24) is 14.9 Å². The van der Waals surface area contributed by atoms with Crippen molar-refractivity contribution in [3.05, 3.63) is 84.2 Å². The summed E-state index contributed by atoms with van der Waals surface area (Å²) in [5, 5.41) is 12.3. The van der Waals surface area contributed by atoms with E-state index in [0.717, 1.165) is 33.4 Å². The van der Waals surface area contributed by atoms with Crippen LogP contribution in [0.4, 0.5) is 0 Å². The molecule has 0 saturated heterocycles. The van der Waals surface area contributed by atoms with E-state index in [1.54, 1.807) is 6.33 Å². The highest BCUT2D eigenvalue weighted by Gasteiger charge is 2.11. The van der Waals surface area contributed by atoms with Gasteiger partial charge in [0.2, 0.25) is 5.91 Å². The van der Waals surface area contributed by atoms with Crippen molar-refractivity contribution in [3.63, 3.8) is 0 Å². The van der Waals surface area contributed by atoms with Crippen molar-refractivity contribution in [3.8, 4) is 22.9 Å². The summed E-state index contributed by atoms with van der Waals surface area (Å²) in [6, 6.07) is 23.9. The molecule has 5 heteroatoms. The molecule has 0 bridgehead atoms. The smallest absolute Gasteiger partial charge is 0.217 e. The molecule has 5 nitrogen and oxygen atoms in total. The molecule has 1 aromatic heterocycles. The minimum Gasteiger partial charge on any atom is -0.350 e. The van der Waals surface area contributed by atoms with Crippen LogP contribution in [0, 0.1) is 11.3 Å². The molecular weight excluding hydrogens is 360 g/mol. The number of amides is 1. The SMILES string of the molecule is CC(=O)NC(C)c1ccc2c(c1)ncn2-c1cccc(-c2ccccc2C#N)c1. The zero-order valence-corrected chi connectivity index (χ0v) is 16.3. The molecule has 1 N–H and O–H groups in total. The lowest BCUT2D eigenvalue weighted by molar-refractivity contribution is -0.119. The van der Waals surface area contributed by atoms with Crippen LogP contribution in [0.25, 0.3) is 27.8 Å². The Morgan fingerprint density at radius 3 is 2.72 bits per heavy atom. The van der Waals surface area contributed by atoms with Crippen molar-refractivity contribution in [2.45, 2.75) is 19.9 Å². The van der Waals surface area contributed by atoms with E-state index in [4.69, 9.17) is 0 Å². The lowest BCUT2D eigenvalue weighted by Crippen LogP contribution is -2.23. The molecule has 1 unspecified atom stereocenters. The Labute approximate surface area is 169 Å². The van der Waals surface area contributed by atoms with E-state index in [2.05, 4.69) is 22.4 Å². The number of carbonyl (C=O) groups is 1. The van der Waals surface area contributed by atoms with Crippen LogP contribution in [-0.4, -0.2) is 15.5 Å². The third kappa shape index (κ3) is 3.61.